The Morgan fingerprint density at radius 1 is 1.14 bits per heavy atom. The summed E-state index contributed by atoms with van der Waals surface area (Å²) in [7, 11) is 0. The fourth-order valence-electron chi connectivity index (χ4n) is 3.28. The number of benzene rings is 2. The van der Waals surface area contributed by atoms with Crippen molar-refractivity contribution in [1.29, 1.82) is 5.26 Å². The molecule has 8 heteroatoms. The Bertz CT molecular complexity index is 1060. The highest BCUT2D eigenvalue weighted by Gasteiger charge is 2.40. The molecule has 1 aromatic heterocycles. The maximum Gasteiger partial charge on any atom is 0.387 e. The monoisotopic (exact) mass is 380 g/mol. The minimum absolute atomic E-state index is 0.00246. The highest BCUT2D eigenvalue weighted by molar-refractivity contribution is 6.11. The number of alkyl halides is 2. The zero-order chi connectivity index (χ0) is 19.7. The quantitative estimate of drug-likeness (QED) is 0.681. The Morgan fingerprint density at radius 2 is 1.89 bits per heavy atom. The molecule has 28 heavy (non-hydrogen) atoms. The van der Waals surface area contributed by atoms with E-state index < -0.39 is 12.7 Å². The lowest BCUT2D eigenvalue weighted by Crippen LogP contribution is -2.34. The van der Waals surface area contributed by atoms with Gasteiger partial charge in [0.15, 0.2) is 0 Å². The lowest BCUT2D eigenvalue weighted by Gasteiger charge is -2.21. The van der Waals surface area contributed by atoms with Crippen molar-refractivity contribution in [3.8, 4) is 11.8 Å². The van der Waals surface area contributed by atoms with Crippen molar-refractivity contribution in [3.63, 3.8) is 0 Å². The Labute approximate surface area is 159 Å². The van der Waals surface area contributed by atoms with Gasteiger partial charge in [0.05, 0.1) is 24.5 Å². The van der Waals surface area contributed by atoms with Crippen LogP contribution in [0.4, 0.5) is 25.0 Å². The van der Waals surface area contributed by atoms with Crippen molar-refractivity contribution in [3.05, 3.63) is 60.9 Å². The molecule has 0 spiro atoms. The first-order valence-electron chi connectivity index (χ1n) is 8.46. The number of halogens is 2. The van der Waals surface area contributed by atoms with Crippen molar-refractivity contribution < 1.29 is 18.3 Å². The van der Waals surface area contributed by atoms with Gasteiger partial charge in [-0.05, 0) is 24.3 Å². The average molecular weight is 380 g/mol. The van der Waals surface area contributed by atoms with E-state index >= 15 is 0 Å². The largest absolute Gasteiger partial charge is 0.435 e. The normalized spacial score (nSPS) is 16.6. The minimum atomic E-state index is -2.92. The van der Waals surface area contributed by atoms with Crippen LogP contribution < -0.4 is 14.5 Å². The molecule has 2 heterocycles. The van der Waals surface area contributed by atoms with Gasteiger partial charge in [0, 0.05) is 22.7 Å². The number of ether oxygens (including phenoxy) is 1. The van der Waals surface area contributed by atoms with Crippen molar-refractivity contribution in [2.75, 3.05) is 16.3 Å². The van der Waals surface area contributed by atoms with Crippen LogP contribution in [0.25, 0.3) is 10.8 Å². The molecule has 1 atom stereocenters. The van der Waals surface area contributed by atoms with Gasteiger partial charge in [-0.2, -0.15) is 14.0 Å². The molecule has 1 saturated heterocycles. The first kappa shape index (κ1) is 17.7. The summed E-state index contributed by atoms with van der Waals surface area (Å²) in [4.78, 5) is 20.1. The summed E-state index contributed by atoms with van der Waals surface area (Å²) in [6, 6.07) is 14.3. The Hall–Kier alpha value is -3.73. The first-order valence-corrected chi connectivity index (χ1v) is 8.46. The maximum absolute atomic E-state index is 13.1. The predicted molar refractivity (Wildman–Crippen MR) is 99.4 cm³/mol. The lowest BCUT2D eigenvalue weighted by molar-refractivity contribution is -0.0498. The van der Waals surface area contributed by atoms with Gasteiger partial charge in [-0.25, -0.2) is 4.79 Å². The van der Waals surface area contributed by atoms with Crippen LogP contribution in [0.5, 0.6) is 5.75 Å². The van der Waals surface area contributed by atoms with E-state index in [1.807, 2.05) is 24.3 Å². The maximum atomic E-state index is 13.1. The molecule has 2 amide bonds. The number of urea groups is 1. The molecule has 0 saturated carbocycles. The van der Waals surface area contributed by atoms with Crippen molar-refractivity contribution in [1.82, 2.24) is 4.98 Å². The molecule has 2 aromatic carbocycles. The first-order chi connectivity index (χ1) is 13.6. The van der Waals surface area contributed by atoms with Crippen LogP contribution in [-0.2, 0) is 0 Å². The van der Waals surface area contributed by atoms with Crippen molar-refractivity contribution >= 4 is 28.2 Å². The van der Waals surface area contributed by atoms with E-state index in [-0.39, 0.29) is 18.3 Å². The number of carbonyl (C=O) groups is 1. The molecule has 0 unspecified atom stereocenters. The second-order valence-corrected chi connectivity index (χ2v) is 6.16. The third kappa shape index (κ3) is 3.07. The molecule has 6 nitrogen and oxygen atoms in total. The van der Waals surface area contributed by atoms with Crippen molar-refractivity contribution in [2.24, 2.45) is 0 Å². The zero-order valence-corrected chi connectivity index (χ0v) is 14.5. The molecule has 140 valence electrons. The topological polar surface area (TPSA) is 69.5 Å². The molecule has 0 N–H and O–H groups in total. The van der Waals surface area contributed by atoms with E-state index in [1.165, 1.54) is 34.1 Å². The minimum Gasteiger partial charge on any atom is -0.435 e. The summed E-state index contributed by atoms with van der Waals surface area (Å²) in [5.74, 6) is -0.00246. The number of hydrogen-bond donors (Lipinski definition) is 0. The molecule has 0 radical (unpaired) electrons. The number of rotatable bonds is 4. The van der Waals surface area contributed by atoms with Crippen LogP contribution in [0.3, 0.4) is 0 Å². The van der Waals surface area contributed by atoms with E-state index in [9.17, 15) is 18.8 Å². The van der Waals surface area contributed by atoms with Crippen LogP contribution >= 0.6 is 0 Å². The molecular formula is C20H14F2N4O2. The molecule has 0 bridgehead atoms. The fraction of sp³-hybridized carbons (Fsp3) is 0.150. The van der Waals surface area contributed by atoms with Gasteiger partial charge in [0.1, 0.15) is 11.8 Å². The zero-order valence-electron chi connectivity index (χ0n) is 14.5. The molecule has 1 fully saturated rings. The molecular weight excluding hydrogens is 366 g/mol. The molecule has 3 aromatic rings. The van der Waals surface area contributed by atoms with Crippen LogP contribution in [-0.4, -0.2) is 30.2 Å². The van der Waals surface area contributed by atoms with E-state index in [0.29, 0.717) is 11.4 Å². The van der Waals surface area contributed by atoms with E-state index in [4.69, 9.17) is 0 Å². The lowest BCUT2D eigenvalue weighted by atomic mass is 10.1. The van der Waals surface area contributed by atoms with Crippen LogP contribution in [0, 0.1) is 11.3 Å². The van der Waals surface area contributed by atoms with E-state index in [0.717, 1.165) is 10.8 Å². The van der Waals surface area contributed by atoms with Crippen LogP contribution in [0.2, 0.25) is 0 Å². The third-order valence-corrected chi connectivity index (χ3v) is 4.53. The Morgan fingerprint density at radius 3 is 2.61 bits per heavy atom. The third-order valence-electron chi connectivity index (χ3n) is 4.53. The summed E-state index contributed by atoms with van der Waals surface area (Å²) in [6.07, 6.45) is 3.26. The van der Waals surface area contributed by atoms with Crippen LogP contribution in [0.1, 0.15) is 0 Å². The number of fused-ring (bicyclic) bond motifs is 1. The SMILES string of the molecule is N#C[C@@H]1CN(c2ccc(OC(F)F)cc2)C(=O)N1c1cncc2ccccc12. The summed E-state index contributed by atoms with van der Waals surface area (Å²) in [6.45, 7) is -2.77. The Kier molecular flexibility index (Phi) is 4.49. The molecule has 0 aliphatic carbocycles. The number of nitriles is 1. The molecule has 1 aliphatic heterocycles. The van der Waals surface area contributed by atoms with Gasteiger partial charge >= 0.3 is 12.6 Å². The van der Waals surface area contributed by atoms with E-state index in [1.54, 1.807) is 12.4 Å². The number of nitrogens with zero attached hydrogens (tertiary/aromatic N) is 4. The molecule has 1 aliphatic rings. The summed E-state index contributed by atoms with van der Waals surface area (Å²) in [5.41, 5.74) is 1.04. The van der Waals surface area contributed by atoms with Gasteiger partial charge in [0.25, 0.3) is 0 Å². The predicted octanol–water partition coefficient (Wildman–Crippen LogP) is 4.17. The van der Waals surface area contributed by atoms with Crippen molar-refractivity contribution in [2.45, 2.75) is 12.7 Å². The average Bonchev–Trinajstić information content (AvgIpc) is 3.04. The summed E-state index contributed by atoms with van der Waals surface area (Å²) < 4.78 is 29.0. The van der Waals surface area contributed by atoms with Gasteiger partial charge in [0.2, 0.25) is 0 Å². The summed E-state index contributed by atoms with van der Waals surface area (Å²) >= 11 is 0. The van der Waals surface area contributed by atoms with Gasteiger partial charge in [-0.3, -0.25) is 14.8 Å². The van der Waals surface area contributed by atoms with Gasteiger partial charge in [-0.15, -0.1) is 0 Å². The van der Waals surface area contributed by atoms with Gasteiger partial charge in [-0.1, -0.05) is 24.3 Å². The van der Waals surface area contributed by atoms with Gasteiger partial charge < -0.3 is 4.74 Å². The number of aromatic nitrogens is 1. The van der Waals surface area contributed by atoms with Crippen LogP contribution in [0.15, 0.2) is 60.9 Å². The highest BCUT2D eigenvalue weighted by Crippen LogP contribution is 2.33. The molecule has 4 rings (SSSR count). The van der Waals surface area contributed by atoms with E-state index in [2.05, 4.69) is 15.8 Å². The fourth-order valence-corrected chi connectivity index (χ4v) is 3.28. The second-order valence-electron chi connectivity index (χ2n) is 6.16. The number of hydrogen-bond acceptors (Lipinski definition) is 4. The summed E-state index contributed by atoms with van der Waals surface area (Å²) in [5, 5.41) is 11.3. The second kappa shape index (κ2) is 7.12. The number of pyridine rings is 1. The smallest absolute Gasteiger partial charge is 0.387 e. The Balaban J connectivity index is 1.69. The number of amides is 2. The number of carbonyl (C=O) groups excluding carboxylic acids is 1. The standard InChI is InChI=1S/C20H14F2N4O2/c21-19(22)28-16-7-5-14(6-8-16)25-12-15(9-23)26(20(25)27)18-11-24-10-13-3-1-2-4-17(13)18/h1-8,10-11,15,19H,12H2/t15-/m1/s1. The number of anilines is 2. The highest BCUT2D eigenvalue weighted by atomic mass is 19.3.